The van der Waals surface area contributed by atoms with Gasteiger partial charge in [-0.1, -0.05) is 0 Å². The van der Waals surface area contributed by atoms with Crippen LogP contribution in [0.1, 0.15) is 15.9 Å². The van der Waals surface area contributed by atoms with E-state index in [0.29, 0.717) is 0 Å². The van der Waals surface area contributed by atoms with Crippen LogP contribution in [-0.4, -0.2) is 5.78 Å². The Morgan fingerprint density at radius 1 is 0.765 bits per heavy atom. The smallest absolute Gasteiger partial charge is 0.193 e. The monoisotopic (exact) mass is 236 g/mol. The molecular weight excluding hydrogens is 229 g/mol. The standard InChI is InChI=1S/C13H7F3O/c14-10-4-1-8(2-5-10)13(17)9-3-6-11(15)12(16)7-9/h1-7H. The summed E-state index contributed by atoms with van der Waals surface area (Å²) in [5.74, 6) is -3.05. The number of halogens is 3. The van der Waals surface area contributed by atoms with Gasteiger partial charge in [0.15, 0.2) is 17.4 Å². The van der Waals surface area contributed by atoms with E-state index in [0.717, 1.165) is 24.3 Å². The summed E-state index contributed by atoms with van der Waals surface area (Å²) in [5, 5.41) is 0. The van der Waals surface area contributed by atoms with Gasteiger partial charge in [-0.15, -0.1) is 0 Å². The number of benzene rings is 2. The second-order valence-electron chi connectivity index (χ2n) is 3.46. The maximum Gasteiger partial charge on any atom is 0.193 e. The van der Waals surface area contributed by atoms with Crippen molar-refractivity contribution in [3.8, 4) is 0 Å². The third-order valence-electron chi connectivity index (χ3n) is 2.29. The summed E-state index contributed by atoms with van der Waals surface area (Å²) >= 11 is 0. The van der Waals surface area contributed by atoms with Crippen LogP contribution in [0.4, 0.5) is 13.2 Å². The van der Waals surface area contributed by atoms with E-state index in [2.05, 4.69) is 0 Å². The molecule has 86 valence electrons. The molecular formula is C13H7F3O. The van der Waals surface area contributed by atoms with Gasteiger partial charge in [0.25, 0.3) is 0 Å². The third-order valence-corrected chi connectivity index (χ3v) is 2.29. The van der Waals surface area contributed by atoms with Crippen LogP contribution in [0.2, 0.25) is 0 Å². The lowest BCUT2D eigenvalue weighted by atomic mass is 10.0. The molecule has 0 unspecified atom stereocenters. The highest BCUT2D eigenvalue weighted by Gasteiger charge is 2.11. The van der Waals surface area contributed by atoms with Crippen LogP contribution in [-0.2, 0) is 0 Å². The van der Waals surface area contributed by atoms with Crippen molar-refractivity contribution in [2.45, 2.75) is 0 Å². The fourth-order valence-corrected chi connectivity index (χ4v) is 1.41. The number of hydrogen-bond acceptors (Lipinski definition) is 1. The first-order valence-corrected chi connectivity index (χ1v) is 4.83. The topological polar surface area (TPSA) is 17.1 Å². The van der Waals surface area contributed by atoms with Crippen LogP contribution in [0.5, 0.6) is 0 Å². The molecule has 0 fully saturated rings. The fraction of sp³-hybridized carbons (Fsp3) is 0. The zero-order valence-corrected chi connectivity index (χ0v) is 8.58. The van der Waals surface area contributed by atoms with Crippen LogP contribution in [0, 0.1) is 17.5 Å². The maximum atomic E-state index is 12.9. The van der Waals surface area contributed by atoms with Gasteiger partial charge in [-0.3, -0.25) is 4.79 Å². The SMILES string of the molecule is O=C(c1ccc(F)cc1)c1ccc(F)c(F)c1. The summed E-state index contributed by atoms with van der Waals surface area (Å²) < 4.78 is 38.3. The van der Waals surface area contributed by atoms with E-state index >= 15 is 0 Å². The quantitative estimate of drug-likeness (QED) is 0.731. The molecule has 0 saturated carbocycles. The van der Waals surface area contributed by atoms with Gasteiger partial charge in [0.2, 0.25) is 0 Å². The molecule has 0 N–H and O–H groups in total. The number of carbonyl (C=O) groups excluding carboxylic acids is 1. The van der Waals surface area contributed by atoms with Crippen molar-refractivity contribution in [1.82, 2.24) is 0 Å². The van der Waals surface area contributed by atoms with Crippen molar-refractivity contribution in [3.05, 3.63) is 71.0 Å². The Balaban J connectivity index is 2.37. The molecule has 0 spiro atoms. The Morgan fingerprint density at radius 3 is 1.94 bits per heavy atom. The lowest BCUT2D eigenvalue weighted by Gasteiger charge is -2.01. The molecule has 0 radical (unpaired) electrons. The van der Waals surface area contributed by atoms with Crippen LogP contribution in [0.3, 0.4) is 0 Å². The Hall–Kier alpha value is -2.10. The Labute approximate surface area is 95.5 Å². The van der Waals surface area contributed by atoms with Gasteiger partial charge in [-0.2, -0.15) is 0 Å². The first kappa shape index (κ1) is 11.4. The average Bonchev–Trinajstić information content (AvgIpc) is 2.33. The second kappa shape index (κ2) is 4.41. The molecule has 0 heterocycles. The van der Waals surface area contributed by atoms with Crippen molar-refractivity contribution in [1.29, 1.82) is 0 Å². The van der Waals surface area contributed by atoms with Gasteiger partial charge in [0, 0.05) is 11.1 Å². The molecule has 2 aromatic carbocycles. The summed E-state index contributed by atoms with van der Waals surface area (Å²) in [7, 11) is 0. The Kier molecular flexibility index (Phi) is 2.95. The fourth-order valence-electron chi connectivity index (χ4n) is 1.41. The molecule has 1 nitrogen and oxygen atoms in total. The molecule has 0 aliphatic heterocycles. The molecule has 17 heavy (non-hydrogen) atoms. The van der Waals surface area contributed by atoms with Gasteiger partial charge >= 0.3 is 0 Å². The minimum absolute atomic E-state index is 0.0236. The summed E-state index contributed by atoms with van der Waals surface area (Å²) in [5.41, 5.74) is 0.243. The molecule has 0 aromatic heterocycles. The van der Waals surface area contributed by atoms with E-state index in [4.69, 9.17) is 0 Å². The minimum atomic E-state index is -1.09. The predicted molar refractivity (Wildman–Crippen MR) is 56.2 cm³/mol. The largest absolute Gasteiger partial charge is 0.289 e. The van der Waals surface area contributed by atoms with E-state index in [1.807, 2.05) is 0 Å². The highest BCUT2D eigenvalue weighted by Crippen LogP contribution is 2.14. The lowest BCUT2D eigenvalue weighted by molar-refractivity contribution is 0.103. The molecule has 2 aromatic rings. The molecule has 2 rings (SSSR count). The Morgan fingerprint density at radius 2 is 1.35 bits per heavy atom. The zero-order chi connectivity index (χ0) is 12.4. The van der Waals surface area contributed by atoms with Crippen LogP contribution in [0.25, 0.3) is 0 Å². The molecule has 0 saturated heterocycles. The number of ketones is 1. The normalized spacial score (nSPS) is 10.3. The van der Waals surface area contributed by atoms with E-state index in [1.54, 1.807) is 0 Å². The van der Waals surface area contributed by atoms with E-state index in [9.17, 15) is 18.0 Å². The van der Waals surface area contributed by atoms with Crippen molar-refractivity contribution in [2.24, 2.45) is 0 Å². The second-order valence-corrected chi connectivity index (χ2v) is 3.46. The van der Waals surface area contributed by atoms with Crippen molar-refractivity contribution in [2.75, 3.05) is 0 Å². The van der Waals surface area contributed by atoms with Gasteiger partial charge in [-0.25, -0.2) is 13.2 Å². The van der Waals surface area contributed by atoms with Gasteiger partial charge in [-0.05, 0) is 42.5 Å². The first-order chi connectivity index (χ1) is 8.08. The lowest BCUT2D eigenvalue weighted by Crippen LogP contribution is -2.02. The van der Waals surface area contributed by atoms with E-state index in [-0.39, 0.29) is 11.1 Å². The zero-order valence-electron chi connectivity index (χ0n) is 8.58. The summed E-state index contributed by atoms with van der Waals surface area (Å²) in [6.45, 7) is 0. The van der Waals surface area contributed by atoms with Crippen molar-refractivity contribution >= 4 is 5.78 Å². The van der Waals surface area contributed by atoms with E-state index in [1.165, 1.54) is 18.2 Å². The van der Waals surface area contributed by atoms with Crippen molar-refractivity contribution < 1.29 is 18.0 Å². The highest BCUT2D eigenvalue weighted by molar-refractivity contribution is 6.08. The third kappa shape index (κ3) is 2.36. The van der Waals surface area contributed by atoms with E-state index < -0.39 is 23.2 Å². The predicted octanol–water partition coefficient (Wildman–Crippen LogP) is 3.33. The number of hydrogen-bond donors (Lipinski definition) is 0. The number of carbonyl (C=O) groups is 1. The van der Waals surface area contributed by atoms with Crippen molar-refractivity contribution in [3.63, 3.8) is 0 Å². The average molecular weight is 236 g/mol. The number of rotatable bonds is 2. The summed E-state index contributed by atoms with van der Waals surface area (Å²) in [4.78, 5) is 11.8. The molecule has 0 aliphatic rings. The van der Waals surface area contributed by atoms with Crippen LogP contribution >= 0.6 is 0 Å². The van der Waals surface area contributed by atoms with Crippen LogP contribution < -0.4 is 0 Å². The Bertz CT molecular complexity index is 561. The van der Waals surface area contributed by atoms with Gasteiger partial charge in [0.05, 0.1) is 0 Å². The van der Waals surface area contributed by atoms with Gasteiger partial charge in [0.1, 0.15) is 5.82 Å². The molecule has 4 heteroatoms. The summed E-state index contributed by atoms with van der Waals surface area (Å²) in [6, 6.07) is 7.73. The first-order valence-electron chi connectivity index (χ1n) is 4.83. The highest BCUT2D eigenvalue weighted by atomic mass is 19.2. The molecule has 0 aliphatic carbocycles. The molecule has 0 amide bonds. The molecule has 0 atom stereocenters. The summed E-state index contributed by atoms with van der Waals surface area (Å²) in [6.07, 6.45) is 0. The molecule has 0 bridgehead atoms. The van der Waals surface area contributed by atoms with Gasteiger partial charge < -0.3 is 0 Å². The maximum absolute atomic E-state index is 12.9. The minimum Gasteiger partial charge on any atom is -0.289 e. The van der Waals surface area contributed by atoms with Crippen LogP contribution in [0.15, 0.2) is 42.5 Å².